The van der Waals surface area contributed by atoms with Gasteiger partial charge in [0.05, 0.1) is 10.4 Å². The highest BCUT2D eigenvalue weighted by Crippen LogP contribution is 2.28. The predicted octanol–water partition coefficient (Wildman–Crippen LogP) is 3.89. The van der Waals surface area contributed by atoms with Crippen molar-refractivity contribution in [3.05, 3.63) is 58.5 Å². The van der Waals surface area contributed by atoms with E-state index >= 15 is 0 Å². The Kier molecular flexibility index (Phi) is 3.43. The van der Waals surface area contributed by atoms with Crippen LogP contribution in [0.5, 0.6) is 0 Å². The molecule has 2 heterocycles. The maximum atomic E-state index is 12.7. The zero-order valence-electron chi connectivity index (χ0n) is 10.9. The lowest BCUT2D eigenvalue weighted by atomic mass is 10.2. The van der Waals surface area contributed by atoms with Gasteiger partial charge >= 0.3 is 0 Å². The van der Waals surface area contributed by atoms with Gasteiger partial charge in [0.15, 0.2) is 0 Å². The van der Waals surface area contributed by atoms with E-state index in [2.05, 4.69) is 4.98 Å². The molecule has 0 N–H and O–H groups in total. The number of hydrogen-bond donors (Lipinski definition) is 0. The molecular weight excluding hydrogens is 331 g/mol. The molecule has 0 saturated heterocycles. The van der Waals surface area contributed by atoms with Crippen molar-refractivity contribution in [3.8, 4) is 0 Å². The summed E-state index contributed by atoms with van der Waals surface area (Å²) in [5, 5.41) is 0.860. The van der Waals surface area contributed by atoms with E-state index in [-0.39, 0.29) is 15.2 Å². The number of aryl methyl sites for hydroxylation is 1. The lowest BCUT2D eigenvalue weighted by Crippen LogP contribution is -2.11. The molecule has 21 heavy (non-hydrogen) atoms. The Labute approximate surface area is 132 Å². The third-order valence-corrected chi connectivity index (χ3v) is 5.34. The van der Waals surface area contributed by atoms with Crippen LogP contribution in [0.4, 0.5) is 0 Å². The van der Waals surface area contributed by atoms with Crippen LogP contribution in [-0.4, -0.2) is 17.4 Å². The number of nitrogens with zero attached hydrogens (tertiary/aromatic N) is 2. The monoisotopic (exact) mass is 340 g/mol. The lowest BCUT2D eigenvalue weighted by Gasteiger charge is -2.08. The molecule has 3 aromatic rings. The van der Waals surface area contributed by atoms with Crippen molar-refractivity contribution in [1.82, 2.24) is 8.96 Å². The molecular formula is C14H10Cl2N2O2S. The fourth-order valence-electron chi connectivity index (χ4n) is 2.07. The van der Waals surface area contributed by atoms with E-state index < -0.39 is 10.0 Å². The standard InChI is InChI=1S/C14H10Cl2N2O2S/c1-9-2-4-10(5-3-9)21(19,20)18-7-6-11-12(18)8-13(15)17-14(11)16/h2-8H,1H3. The maximum Gasteiger partial charge on any atom is 0.268 e. The molecule has 2 aromatic heterocycles. The third-order valence-electron chi connectivity index (χ3n) is 3.15. The minimum absolute atomic E-state index is 0.145. The Balaban J connectivity index is 2.27. The average molecular weight is 341 g/mol. The van der Waals surface area contributed by atoms with Crippen molar-refractivity contribution in [2.24, 2.45) is 0 Å². The van der Waals surface area contributed by atoms with E-state index in [0.717, 1.165) is 9.54 Å². The number of aromatic nitrogens is 2. The van der Waals surface area contributed by atoms with Crippen LogP contribution < -0.4 is 0 Å². The fourth-order valence-corrected chi connectivity index (χ4v) is 3.90. The fraction of sp³-hybridized carbons (Fsp3) is 0.0714. The number of fused-ring (bicyclic) bond motifs is 1. The molecule has 0 radical (unpaired) electrons. The maximum absolute atomic E-state index is 12.7. The topological polar surface area (TPSA) is 52.0 Å². The number of benzene rings is 1. The summed E-state index contributed by atoms with van der Waals surface area (Å²) >= 11 is 11.9. The van der Waals surface area contributed by atoms with Crippen LogP contribution in [0, 0.1) is 6.92 Å². The first-order valence-electron chi connectivity index (χ1n) is 6.05. The van der Waals surface area contributed by atoms with E-state index in [0.29, 0.717) is 10.9 Å². The van der Waals surface area contributed by atoms with Gasteiger partial charge in [0, 0.05) is 17.6 Å². The van der Waals surface area contributed by atoms with E-state index in [9.17, 15) is 8.42 Å². The first kappa shape index (κ1) is 14.4. The highest BCUT2D eigenvalue weighted by atomic mass is 35.5. The van der Waals surface area contributed by atoms with Crippen LogP contribution in [0.15, 0.2) is 47.5 Å². The van der Waals surface area contributed by atoms with Gasteiger partial charge in [0.25, 0.3) is 10.0 Å². The van der Waals surface area contributed by atoms with Crippen molar-refractivity contribution in [2.75, 3.05) is 0 Å². The molecule has 0 saturated carbocycles. The van der Waals surface area contributed by atoms with Crippen LogP contribution >= 0.6 is 23.2 Å². The molecule has 0 spiro atoms. The minimum atomic E-state index is -3.70. The summed E-state index contributed by atoms with van der Waals surface area (Å²) in [6.07, 6.45) is 1.45. The van der Waals surface area contributed by atoms with Crippen LogP contribution in [0.1, 0.15) is 5.56 Å². The molecule has 0 aliphatic heterocycles. The summed E-state index contributed by atoms with van der Waals surface area (Å²) < 4.78 is 26.6. The Hall–Kier alpha value is -1.56. The van der Waals surface area contributed by atoms with Gasteiger partial charge in [-0.1, -0.05) is 40.9 Å². The summed E-state index contributed by atoms with van der Waals surface area (Å²) in [5.74, 6) is 0. The van der Waals surface area contributed by atoms with Crippen molar-refractivity contribution < 1.29 is 8.42 Å². The molecule has 3 rings (SSSR count). The van der Waals surface area contributed by atoms with Crippen molar-refractivity contribution in [1.29, 1.82) is 0 Å². The minimum Gasteiger partial charge on any atom is -0.241 e. The van der Waals surface area contributed by atoms with Gasteiger partial charge in [-0.05, 0) is 25.1 Å². The summed E-state index contributed by atoms with van der Waals surface area (Å²) in [6.45, 7) is 1.90. The Morgan fingerprint density at radius 2 is 1.76 bits per heavy atom. The van der Waals surface area contributed by atoms with Gasteiger partial charge in [0.2, 0.25) is 0 Å². The van der Waals surface area contributed by atoms with E-state index in [1.165, 1.54) is 12.3 Å². The summed E-state index contributed by atoms with van der Waals surface area (Å²) in [6, 6.07) is 9.73. The van der Waals surface area contributed by atoms with Gasteiger partial charge in [-0.25, -0.2) is 17.4 Å². The van der Waals surface area contributed by atoms with Crippen LogP contribution in [0.2, 0.25) is 10.3 Å². The van der Waals surface area contributed by atoms with E-state index in [4.69, 9.17) is 23.2 Å². The SMILES string of the molecule is Cc1ccc(S(=O)(=O)n2ccc3c(Cl)nc(Cl)cc32)cc1. The third kappa shape index (κ3) is 2.41. The smallest absolute Gasteiger partial charge is 0.241 e. The molecule has 0 atom stereocenters. The van der Waals surface area contributed by atoms with E-state index in [1.807, 2.05) is 6.92 Å². The number of pyridine rings is 1. The molecule has 7 heteroatoms. The van der Waals surface area contributed by atoms with Crippen LogP contribution in [-0.2, 0) is 10.0 Å². The number of rotatable bonds is 2. The van der Waals surface area contributed by atoms with Gasteiger partial charge in [-0.3, -0.25) is 0 Å². The summed E-state index contributed by atoms with van der Waals surface area (Å²) in [4.78, 5) is 4.11. The molecule has 108 valence electrons. The first-order chi connectivity index (χ1) is 9.89. The summed E-state index contributed by atoms with van der Waals surface area (Å²) in [7, 11) is -3.70. The Morgan fingerprint density at radius 1 is 1.10 bits per heavy atom. The zero-order chi connectivity index (χ0) is 15.2. The van der Waals surface area contributed by atoms with Crippen LogP contribution in [0.3, 0.4) is 0 Å². The molecule has 0 amide bonds. The zero-order valence-corrected chi connectivity index (χ0v) is 13.2. The second-order valence-electron chi connectivity index (χ2n) is 4.60. The lowest BCUT2D eigenvalue weighted by molar-refractivity contribution is 0.589. The molecule has 0 unspecified atom stereocenters. The molecule has 4 nitrogen and oxygen atoms in total. The molecule has 0 fully saturated rings. The highest BCUT2D eigenvalue weighted by molar-refractivity contribution is 7.90. The van der Waals surface area contributed by atoms with Gasteiger partial charge in [0.1, 0.15) is 10.3 Å². The van der Waals surface area contributed by atoms with Crippen molar-refractivity contribution >= 4 is 44.1 Å². The van der Waals surface area contributed by atoms with Gasteiger partial charge in [-0.2, -0.15) is 0 Å². The van der Waals surface area contributed by atoms with Gasteiger partial charge in [-0.15, -0.1) is 0 Å². The average Bonchev–Trinajstić information content (AvgIpc) is 2.83. The second-order valence-corrected chi connectivity index (χ2v) is 7.16. The Morgan fingerprint density at radius 3 is 2.43 bits per heavy atom. The van der Waals surface area contributed by atoms with Crippen molar-refractivity contribution in [3.63, 3.8) is 0 Å². The van der Waals surface area contributed by atoms with Crippen molar-refractivity contribution in [2.45, 2.75) is 11.8 Å². The van der Waals surface area contributed by atoms with Crippen LogP contribution in [0.25, 0.3) is 10.9 Å². The van der Waals surface area contributed by atoms with Gasteiger partial charge < -0.3 is 0 Å². The normalized spacial score (nSPS) is 12.0. The molecule has 0 bridgehead atoms. The quantitative estimate of drug-likeness (QED) is 0.665. The molecule has 0 aliphatic rings. The predicted molar refractivity (Wildman–Crippen MR) is 83.5 cm³/mol. The second kappa shape index (κ2) is 5.02. The highest BCUT2D eigenvalue weighted by Gasteiger charge is 2.20. The van der Waals surface area contributed by atoms with E-state index in [1.54, 1.807) is 30.3 Å². The largest absolute Gasteiger partial charge is 0.268 e. The number of hydrogen-bond acceptors (Lipinski definition) is 3. The molecule has 1 aromatic carbocycles. The number of halogens is 2. The first-order valence-corrected chi connectivity index (χ1v) is 8.24. The summed E-state index contributed by atoms with van der Waals surface area (Å²) in [5.41, 5.74) is 1.39. The Bertz CT molecular complexity index is 932. The molecule has 0 aliphatic carbocycles.